The van der Waals surface area contributed by atoms with Gasteiger partial charge in [-0.3, -0.25) is 9.59 Å². The lowest BCUT2D eigenvalue weighted by molar-refractivity contribution is -0.135. The summed E-state index contributed by atoms with van der Waals surface area (Å²) in [5.74, 6) is 2.67. The van der Waals surface area contributed by atoms with Crippen molar-refractivity contribution in [2.24, 2.45) is 23.7 Å². The molecule has 2 aliphatic carbocycles. The molecule has 0 radical (unpaired) electrons. The van der Waals surface area contributed by atoms with Crippen LogP contribution in [0.2, 0.25) is 0 Å². The summed E-state index contributed by atoms with van der Waals surface area (Å²) >= 11 is 0. The van der Waals surface area contributed by atoms with Crippen molar-refractivity contribution >= 4 is 11.7 Å². The number of hydrogen-bond acceptors (Lipinski definition) is 3. The zero-order chi connectivity index (χ0) is 17.2. The molecular weight excluding hydrogens is 314 g/mol. The lowest BCUT2D eigenvalue weighted by Crippen LogP contribution is -2.45. The van der Waals surface area contributed by atoms with Crippen molar-refractivity contribution in [3.8, 4) is 5.75 Å². The number of amides is 1. The second-order valence-electron chi connectivity index (χ2n) is 8.52. The van der Waals surface area contributed by atoms with Crippen LogP contribution in [-0.2, 0) is 4.79 Å². The van der Waals surface area contributed by atoms with Crippen molar-refractivity contribution in [1.82, 2.24) is 4.90 Å². The highest BCUT2D eigenvalue weighted by Crippen LogP contribution is 2.66. The maximum atomic E-state index is 13.0. The molecule has 2 aliphatic heterocycles. The van der Waals surface area contributed by atoms with Gasteiger partial charge >= 0.3 is 0 Å². The molecule has 1 saturated heterocycles. The lowest BCUT2D eigenvalue weighted by Gasteiger charge is -2.38. The molecule has 1 aromatic rings. The Morgan fingerprint density at radius 2 is 1.96 bits per heavy atom. The Morgan fingerprint density at radius 1 is 1.20 bits per heavy atom. The highest BCUT2D eigenvalue weighted by molar-refractivity contribution is 6.00. The largest absolute Gasteiger partial charge is 0.486 e. The van der Waals surface area contributed by atoms with Crippen molar-refractivity contribution < 1.29 is 14.3 Å². The Labute approximate surface area is 148 Å². The number of carbonyl (C=O) groups excluding carboxylic acids is 2. The van der Waals surface area contributed by atoms with Gasteiger partial charge in [-0.2, -0.15) is 0 Å². The number of likely N-dealkylation sites (tertiary alicyclic amines) is 1. The number of hydrogen-bond donors (Lipinski definition) is 0. The molecule has 4 heteroatoms. The summed E-state index contributed by atoms with van der Waals surface area (Å²) < 4.78 is 6.40. The Morgan fingerprint density at radius 3 is 2.76 bits per heavy atom. The number of ketones is 1. The van der Waals surface area contributed by atoms with Gasteiger partial charge in [-0.15, -0.1) is 0 Å². The quantitative estimate of drug-likeness (QED) is 0.789. The van der Waals surface area contributed by atoms with Crippen molar-refractivity contribution in [2.75, 3.05) is 13.1 Å². The van der Waals surface area contributed by atoms with Gasteiger partial charge in [0.1, 0.15) is 11.4 Å². The first-order chi connectivity index (χ1) is 12.1. The van der Waals surface area contributed by atoms with E-state index in [9.17, 15) is 9.59 Å². The van der Waals surface area contributed by atoms with Crippen LogP contribution in [0.1, 0.15) is 49.4 Å². The third-order valence-electron chi connectivity index (χ3n) is 7.02. The van der Waals surface area contributed by atoms with Gasteiger partial charge in [0.2, 0.25) is 5.91 Å². The smallest absolute Gasteiger partial charge is 0.226 e. The molecule has 0 aromatic heterocycles. The van der Waals surface area contributed by atoms with Gasteiger partial charge in [0.05, 0.1) is 12.0 Å². The predicted octanol–water partition coefficient (Wildman–Crippen LogP) is 3.31. The fraction of sp³-hybridized carbons (Fsp3) is 0.619. The molecule has 4 aliphatic rings. The Kier molecular flexibility index (Phi) is 3.28. The monoisotopic (exact) mass is 339 g/mol. The molecule has 3 fully saturated rings. The van der Waals surface area contributed by atoms with Crippen molar-refractivity contribution in [3.63, 3.8) is 0 Å². The molecule has 0 bridgehead atoms. The predicted molar refractivity (Wildman–Crippen MR) is 93.4 cm³/mol. The first kappa shape index (κ1) is 15.4. The summed E-state index contributed by atoms with van der Waals surface area (Å²) in [6.45, 7) is 4.05. The topological polar surface area (TPSA) is 46.6 Å². The van der Waals surface area contributed by atoms with Crippen LogP contribution in [-0.4, -0.2) is 35.3 Å². The molecule has 25 heavy (non-hydrogen) atoms. The summed E-state index contributed by atoms with van der Waals surface area (Å²) in [5.41, 5.74) is 0.268. The fourth-order valence-electron chi connectivity index (χ4n) is 5.54. The first-order valence-electron chi connectivity index (χ1n) is 9.69. The van der Waals surface area contributed by atoms with Gasteiger partial charge in [-0.05, 0) is 49.7 Å². The number of piperidine rings is 1. The molecule has 5 rings (SSSR count). The first-order valence-corrected chi connectivity index (χ1v) is 9.69. The molecule has 1 amide bonds. The number of rotatable bonds is 1. The molecule has 4 nitrogen and oxygen atoms in total. The average molecular weight is 339 g/mol. The molecule has 1 spiro atoms. The van der Waals surface area contributed by atoms with E-state index in [-0.39, 0.29) is 17.6 Å². The van der Waals surface area contributed by atoms with Crippen LogP contribution in [0.3, 0.4) is 0 Å². The molecule has 1 aromatic carbocycles. The third kappa shape index (κ3) is 2.26. The highest BCUT2D eigenvalue weighted by Gasteiger charge is 2.71. The fourth-order valence-corrected chi connectivity index (χ4v) is 5.54. The number of benzene rings is 1. The Balaban J connectivity index is 1.36. The normalized spacial score (nSPS) is 36.8. The number of fused-ring (bicyclic) bond motifs is 3. The van der Waals surface area contributed by atoms with E-state index in [1.54, 1.807) is 0 Å². The van der Waals surface area contributed by atoms with E-state index in [2.05, 4.69) is 11.8 Å². The van der Waals surface area contributed by atoms with E-state index in [0.29, 0.717) is 29.6 Å². The van der Waals surface area contributed by atoms with E-state index >= 15 is 0 Å². The average Bonchev–Trinajstić information content (AvgIpc) is 3.26. The second kappa shape index (κ2) is 5.33. The minimum atomic E-state index is -0.431. The number of para-hydroxylation sites is 1. The zero-order valence-corrected chi connectivity index (χ0v) is 14.7. The van der Waals surface area contributed by atoms with Crippen molar-refractivity contribution in [2.45, 2.75) is 44.6 Å². The molecule has 0 unspecified atom stereocenters. The zero-order valence-electron chi connectivity index (χ0n) is 14.7. The number of Topliss-reactive ketones (excluding diaryl/α,β-unsaturated/α-hetero) is 1. The van der Waals surface area contributed by atoms with Crippen molar-refractivity contribution in [1.29, 1.82) is 0 Å². The van der Waals surface area contributed by atoms with E-state index in [1.165, 1.54) is 0 Å². The molecule has 2 heterocycles. The minimum Gasteiger partial charge on any atom is -0.486 e. The summed E-state index contributed by atoms with van der Waals surface area (Å²) in [4.78, 5) is 27.7. The maximum absolute atomic E-state index is 13.0. The minimum absolute atomic E-state index is 0.0835. The standard InChI is InChI=1S/C21H25NO3/c1-13-7-10-22(11-8-13)20(24)18-15-6-9-21(19(15)18)12-16(23)14-4-2-3-5-17(14)25-21/h2-5,13,15,18-19H,6-12H2,1H3/t15-,18-,19-,21+/m0/s1. The van der Waals surface area contributed by atoms with Gasteiger partial charge in [-0.1, -0.05) is 19.1 Å². The van der Waals surface area contributed by atoms with Crippen LogP contribution in [0, 0.1) is 23.7 Å². The van der Waals surface area contributed by atoms with Gasteiger partial charge < -0.3 is 9.64 Å². The van der Waals surface area contributed by atoms with E-state index in [1.807, 2.05) is 24.3 Å². The van der Waals surface area contributed by atoms with E-state index < -0.39 is 5.60 Å². The summed E-state index contributed by atoms with van der Waals surface area (Å²) in [7, 11) is 0. The number of ether oxygens (including phenoxy) is 1. The van der Waals surface area contributed by atoms with E-state index in [4.69, 9.17) is 4.74 Å². The summed E-state index contributed by atoms with van der Waals surface area (Å²) in [6.07, 6.45) is 4.58. The Bertz CT molecular complexity index is 736. The second-order valence-corrected chi connectivity index (χ2v) is 8.52. The van der Waals surface area contributed by atoms with Gasteiger partial charge in [0.25, 0.3) is 0 Å². The maximum Gasteiger partial charge on any atom is 0.226 e. The van der Waals surface area contributed by atoms with Gasteiger partial charge in [0.15, 0.2) is 5.78 Å². The third-order valence-corrected chi connectivity index (χ3v) is 7.02. The van der Waals surface area contributed by atoms with Gasteiger partial charge in [0, 0.05) is 24.9 Å². The summed E-state index contributed by atoms with van der Waals surface area (Å²) in [5, 5.41) is 0. The van der Waals surface area contributed by atoms with Crippen LogP contribution in [0.15, 0.2) is 24.3 Å². The molecule has 0 N–H and O–H groups in total. The van der Waals surface area contributed by atoms with Crippen LogP contribution >= 0.6 is 0 Å². The molecule has 132 valence electrons. The molecular formula is C21H25NO3. The van der Waals surface area contributed by atoms with E-state index in [0.717, 1.165) is 44.7 Å². The van der Waals surface area contributed by atoms with Crippen molar-refractivity contribution in [3.05, 3.63) is 29.8 Å². The number of nitrogens with zero attached hydrogens (tertiary/aromatic N) is 1. The Hall–Kier alpha value is -1.84. The van der Waals surface area contributed by atoms with Crippen LogP contribution in [0.5, 0.6) is 5.75 Å². The lowest BCUT2D eigenvalue weighted by atomic mass is 9.84. The number of carbonyl (C=O) groups is 2. The SMILES string of the molecule is CC1CCN(C(=O)[C@H]2[C@@H]3CC[C@@]4(CC(=O)c5ccccc5O4)[C@@H]32)CC1. The molecule has 4 atom stereocenters. The van der Waals surface area contributed by atoms with Crippen LogP contribution < -0.4 is 4.74 Å². The van der Waals surface area contributed by atoms with Crippen LogP contribution in [0.25, 0.3) is 0 Å². The molecule has 2 saturated carbocycles. The van der Waals surface area contributed by atoms with Crippen LogP contribution in [0.4, 0.5) is 0 Å². The van der Waals surface area contributed by atoms with Gasteiger partial charge in [-0.25, -0.2) is 0 Å². The highest BCUT2D eigenvalue weighted by atomic mass is 16.5. The summed E-state index contributed by atoms with van der Waals surface area (Å²) in [6, 6.07) is 7.55.